The summed E-state index contributed by atoms with van der Waals surface area (Å²) in [7, 11) is -1.06. The van der Waals surface area contributed by atoms with Gasteiger partial charge in [0, 0.05) is 11.4 Å². The molecule has 3 rings (SSSR count). The predicted octanol–water partition coefficient (Wildman–Crippen LogP) is 6.12. The van der Waals surface area contributed by atoms with Crippen molar-refractivity contribution in [2.45, 2.75) is 45.3 Å². The van der Waals surface area contributed by atoms with Crippen LogP contribution >= 0.6 is 11.6 Å². The van der Waals surface area contributed by atoms with Gasteiger partial charge in [-0.1, -0.05) is 41.9 Å². The molecule has 1 aliphatic rings. The Labute approximate surface area is 171 Å². The van der Waals surface area contributed by atoms with Crippen LogP contribution in [-0.4, -0.2) is 24.9 Å². The summed E-state index contributed by atoms with van der Waals surface area (Å²) in [6, 6.07) is 16.6. The average molecular weight is 403 g/mol. The zero-order valence-corrected chi connectivity index (χ0v) is 17.4. The molecule has 148 valence electrons. The fourth-order valence-electron chi connectivity index (χ4n) is 2.95. The quantitative estimate of drug-likeness (QED) is 0.545. The standard InChI is InChI=1S/C22H25BClFO3/c1-21(2)22(3,4)28-23(27-21)20(25)19(16-9-8-10-17(24)15-16)13-14-26-18-11-6-5-7-12-18/h5-12,15H,13-14H2,1-4H3. The maximum atomic E-state index is 15.5. The fraction of sp³-hybridized carbons (Fsp3) is 0.364. The normalized spacial score (nSPS) is 18.7. The van der Waals surface area contributed by atoms with Crippen LogP contribution in [0.1, 0.15) is 39.7 Å². The summed E-state index contributed by atoms with van der Waals surface area (Å²) in [4.78, 5) is 0. The van der Waals surface area contributed by atoms with Gasteiger partial charge >= 0.3 is 7.12 Å². The summed E-state index contributed by atoms with van der Waals surface area (Å²) in [5, 5.41) is 0.542. The van der Waals surface area contributed by atoms with Crippen LogP contribution in [0.15, 0.2) is 60.3 Å². The zero-order valence-electron chi connectivity index (χ0n) is 16.7. The van der Waals surface area contributed by atoms with Crippen LogP contribution in [0.3, 0.4) is 0 Å². The first-order valence-electron chi connectivity index (χ1n) is 9.37. The number of ether oxygens (including phenoxy) is 1. The Morgan fingerprint density at radius 3 is 2.25 bits per heavy atom. The second-order valence-corrected chi connectivity index (χ2v) is 8.27. The highest BCUT2D eigenvalue weighted by Crippen LogP contribution is 2.40. The first-order chi connectivity index (χ1) is 13.2. The number of halogens is 2. The van der Waals surface area contributed by atoms with Crippen molar-refractivity contribution >= 4 is 24.3 Å². The summed E-state index contributed by atoms with van der Waals surface area (Å²) in [5.74, 6) is 0.740. The molecule has 28 heavy (non-hydrogen) atoms. The second kappa shape index (κ2) is 8.28. The van der Waals surface area contributed by atoms with Gasteiger partial charge in [0.2, 0.25) is 0 Å². The molecule has 1 saturated heterocycles. The van der Waals surface area contributed by atoms with Gasteiger partial charge in [0.15, 0.2) is 0 Å². The lowest BCUT2D eigenvalue weighted by Gasteiger charge is -2.32. The van der Waals surface area contributed by atoms with Crippen molar-refractivity contribution in [2.24, 2.45) is 0 Å². The summed E-state index contributed by atoms with van der Waals surface area (Å²) >= 11 is 6.14. The van der Waals surface area contributed by atoms with Gasteiger partial charge in [0.05, 0.1) is 17.8 Å². The highest BCUT2D eigenvalue weighted by atomic mass is 35.5. The van der Waals surface area contributed by atoms with Crippen LogP contribution in [0.4, 0.5) is 4.39 Å². The largest absolute Gasteiger partial charge is 0.525 e. The third-order valence-corrected chi connectivity index (χ3v) is 5.52. The Morgan fingerprint density at radius 2 is 1.64 bits per heavy atom. The monoisotopic (exact) mass is 402 g/mol. The lowest BCUT2D eigenvalue weighted by molar-refractivity contribution is 0.00578. The molecule has 3 nitrogen and oxygen atoms in total. The minimum Gasteiger partial charge on any atom is -0.493 e. The lowest BCUT2D eigenvalue weighted by atomic mass is 9.82. The SMILES string of the molecule is CC1(C)OB(C(F)=C(CCOc2ccccc2)c2cccc(Cl)c2)OC1(C)C. The van der Waals surface area contributed by atoms with E-state index in [1.54, 1.807) is 18.2 Å². The second-order valence-electron chi connectivity index (χ2n) is 7.84. The molecule has 0 amide bonds. The highest BCUT2D eigenvalue weighted by Gasteiger charge is 2.53. The highest BCUT2D eigenvalue weighted by molar-refractivity contribution is 6.55. The van der Waals surface area contributed by atoms with E-state index in [9.17, 15) is 0 Å². The molecule has 0 spiro atoms. The van der Waals surface area contributed by atoms with Crippen molar-refractivity contribution < 1.29 is 18.4 Å². The number of rotatable bonds is 6. The smallest absolute Gasteiger partial charge is 0.493 e. The van der Waals surface area contributed by atoms with Crippen LogP contribution in [0.5, 0.6) is 5.75 Å². The van der Waals surface area contributed by atoms with Gasteiger partial charge in [0.1, 0.15) is 11.5 Å². The van der Waals surface area contributed by atoms with E-state index in [4.69, 9.17) is 25.6 Å². The van der Waals surface area contributed by atoms with E-state index >= 15 is 4.39 Å². The molecule has 0 radical (unpaired) electrons. The number of hydrogen-bond donors (Lipinski definition) is 0. The van der Waals surface area contributed by atoms with Crippen LogP contribution in [0.2, 0.25) is 5.02 Å². The van der Waals surface area contributed by atoms with Crippen LogP contribution in [0.25, 0.3) is 5.57 Å². The van der Waals surface area contributed by atoms with E-state index in [0.29, 0.717) is 29.2 Å². The molecule has 1 heterocycles. The third-order valence-electron chi connectivity index (χ3n) is 5.29. The zero-order chi connectivity index (χ0) is 20.4. The Morgan fingerprint density at radius 1 is 1.00 bits per heavy atom. The van der Waals surface area contributed by atoms with Gasteiger partial charge < -0.3 is 14.0 Å². The lowest BCUT2D eigenvalue weighted by Crippen LogP contribution is -2.41. The molecule has 0 aromatic heterocycles. The molecule has 1 fully saturated rings. The van der Waals surface area contributed by atoms with Gasteiger partial charge in [-0.2, -0.15) is 0 Å². The fourth-order valence-corrected chi connectivity index (χ4v) is 3.14. The maximum absolute atomic E-state index is 15.5. The summed E-state index contributed by atoms with van der Waals surface area (Å²) in [5.41, 5.74) is -0.518. The molecular weight excluding hydrogens is 378 g/mol. The predicted molar refractivity (Wildman–Crippen MR) is 112 cm³/mol. The van der Waals surface area contributed by atoms with Crippen molar-refractivity contribution in [2.75, 3.05) is 6.61 Å². The number of para-hydroxylation sites is 1. The molecule has 2 aromatic carbocycles. The number of benzene rings is 2. The maximum Gasteiger partial charge on any atom is 0.525 e. The molecule has 0 N–H and O–H groups in total. The average Bonchev–Trinajstić information content (AvgIpc) is 2.87. The van der Waals surface area contributed by atoms with Crippen molar-refractivity contribution in [3.8, 4) is 5.75 Å². The van der Waals surface area contributed by atoms with Crippen LogP contribution in [-0.2, 0) is 9.31 Å². The van der Waals surface area contributed by atoms with Gasteiger partial charge in [-0.25, -0.2) is 4.39 Å². The van der Waals surface area contributed by atoms with E-state index in [2.05, 4.69) is 0 Å². The van der Waals surface area contributed by atoms with Crippen molar-refractivity contribution in [3.63, 3.8) is 0 Å². The van der Waals surface area contributed by atoms with Crippen LogP contribution in [0, 0.1) is 0 Å². The van der Waals surface area contributed by atoms with Gasteiger partial charge in [-0.3, -0.25) is 0 Å². The van der Waals surface area contributed by atoms with E-state index in [-0.39, 0.29) is 0 Å². The topological polar surface area (TPSA) is 27.7 Å². The Bertz CT molecular complexity index is 836. The number of hydrogen-bond acceptors (Lipinski definition) is 3. The van der Waals surface area contributed by atoms with Gasteiger partial charge in [-0.15, -0.1) is 0 Å². The molecule has 0 atom stereocenters. The van der Waals surface area contributed by atoms with E-state index in [1.807, 2.05) is 64.1 Å². The van der Waals surface area contributed by atoms with Gasteiger partial charge in [-0.05, 0) is 63.1 Å². The summed E-state index contributed by atoms with van der Waals surface area (Å²) in [6.07, 6.45) is 0.352. The van der Waals surface area contributed by atoms with E-state index in [0.717, 1.165) is 5.75 Å². The molecule has 0 bridgehead atoms. The first-order valence-corrected chi connectivity index (χ1v) is 9.75. The molecule has 1 aliphatic heterocycles. The van der Waals surface area contributed by atoms with Crippen molar-refractivity contribution in [1.29, 1.82) is 0 Å². The van der Waals surface area contributed by atoms with Crippen LogP contribution < -0.4 is 4.74 Å². The minimum absolute atomic E-state index is 0.318. The minimum atomic E-state index is -1.06. The molecular formula is C22H25BClFO3. The summed E-state index contributed by atoms with van der Waals surface area (Å²) in [6.45, 7) is 7.92. The molecule has 0 aliphatic carbocycles. The molecule has 0 unspecified atom stereocenters. The Balaban J connectivity index is 1.86. The molecule has 2 aromatic rings. The van der Waals surface area contributed by atoms with Crippen molar-refractivity contribution in [1.82, 2.24) is 0 Å². The molecule has 6 heteroatoms. The Hall–Kier alpha value is -1.82. The van der Waals surface area contributed by atoms with E-state index in [1.165, 1.54) is 0 Å². The third kappa shape index (κ3) is 4.60. The van der Waals surface area contributed by atoms with E-state index < -0.39 is 24.0 Å². The molecule has 0 saturated carbocycles. The van der Waals surface area contributed by atoms with Crippen molar-refractivity contribution in [3.05, 3.63) is 70.9 Å². The Kier molecular flexibility index (Phi) is 6.18. The first kappa shape index (κ1) is 20.9. The van der Waals surface area contributed by atoms with Gasteiger partial charge in [0.25, 0.3) is 0 Å². The summed E-state index contributed by atoms with van der Waals surface area (Å²) < 4.78 is 33.1.